The maximum absolute atomic E-state index is 13.5. The van der Waals surface area contributed by atoms with Crippen molar-refractivity contribution in [1.29, 1.82) is 0 Å². The molecule has 5 rings (SSSR count). The van der Waals surface area contributed by atoms with E-state index in [0.717, 1.165) is 33.7 Å². The summed E-state index contributed by atoms with van der Waals surface area (Å²) in [5.74, 6) is -2.08. The number of ether oxygens (including phenoxy) is 7. The number of carbonyl (C=O) groups is 5. The van der Waals surface area contributed by atoms with E-state index in [1.54, 1.807) is 42.5 Å². The zero-order valence-electron chi connectivity index (χ0n) is 38.0. The second kappa shape index (κ2) is 19.6. The first-order valence-corrected chi connectivity index (χ1v) is 21.0. The Balaban J connectivity index is 1.27. The molecule has 12 nitrogen and oxygen atoms in total. The Morgan fingerprint density at radius 3 is 1.53 bits per heavy atom. The van der Waals surface area contributed by atoms with Crippen LogP contribution < -0.4 is 18.9 Å². The normalized spacial score (nSPS) is 13.4. The third-order valence-corrected chi connectivity index (χ3v) is 10.8. The highest BCUT2D eigenvalue weighted by Gasteiger charge is 2.38. The molecule has 64 heavy (non-hydrogen) atoms. The van der Waals surface area contributed by atoms with Crippen LogP contribution in [0.1, 0.15) is 112 Å². The third kappa shape index (κ3) is 12.4. The monoisotopic (exact) mass is 872 g/mol. The van der Waals surface area contributed by atoms with Crippen LogP contribution in [0.15, 0.2) is 116 Å². The lowest BCUT2D eigenvalue weighted by molar-refractivity contribution is -0.157. The number of benzene rings is 5. The average molecular weight is 873 g/mol. The topological polar surface area (TPSA) is 150 Å². The molecule has 0 N–H and O–H groups in total. The maximum Gasteiger partial charge on any atom is 0.343 e. The minimum absolute atomic E-state index is 0.0259. The van der Waals surface area contributed by atoms with Crippen molar-refractivity contribution in [2.75, 3.05) is 7.11 Å². The minimum Gasteiger partial charge on any atom is -0.488 e. The van der Waals surface area contributed by atoms with Gasteiger partial charge in [-0.2, -0.15) is 0 Å². The molecule has 12 heteroatoms. The number of esters is 5. The molecule has 0 bridgehead atoms. The second-order valence-electron chi connectivity index (χ2n) is 17.3. The maximum atomic E-state index is 13.5. The van der Waals surface area contributed by atoms with Crippen LogP contribution in [0.2, 0.25) is 0 Å². The SMILES string of the molecule is C=CC(=O)OC(C)(C)CC(C)(C)Oc1ccc2cc(C(=O)Oc3ccc(OC(=O)c4ccc5cc(OC(C)(CC)CC(C)(CC)OC(=O)C=C)ccc5c4)c(C(=O)OC)c3)ccc2c1. The molecule has 0 amide bonds. The van der Waals surface area contributed by atoms with Crippen LogP contribution >= 0.6 is 0 Å². The molecule has 0 heterocycles. The summed E-state index contributed by atoms with van der Waals surface area (Å²) < 4.78 is 40.3. The van der Waals surface area contributed by atoms with E-state index in [2.05, 4.69) is 13.2 Å². The first-order chi connectivity index (χ1) is 30.1. The van der Waals surface area contributed by atoms with Gasteiger partial charge in [-0.15, -0.1) is 0 Å². The van der Waals surface area contributed by atoms with Gasteiger partial charge in [0.25, 0.3) is 0 Å². The first-order valence-electron chi connectivity index (χ1n) is 21.0. The van der Waals surface area contributed by atoms with E-state index in [4.69, 9.17) is 33.2 Å². The molecular weight excluding hydrogens is 817 g/mol. The van der Waals surface area contributed by atoms with Crippen molar-refractivity contribution in [3.05, 3.63) is 133 Å². The van der Waals surface area contributed by atoms with Crippen molar-refractivity contribution in [2.24, 2.45) is 0 Å². The van der Waals surface area contributed by atoms with Crippen LogP contribution in [0.5, 0.6) is 23.0 Å². The summed E-state index contributed by atoms with van der Waals surface area (Å²) in [7, 11) is 1.19. The smallest absolute Gasteiger partial charge is 0.343 e. The fourth-order valence-electron chi connectivity index (χ4n) is 7.64. The van der Waals surface area contributed by atoms with Crippen molar-refractivity contribution in [3.8, 4) is 23.0 Å². The van der Waals surface area contributed by atoms with Crippen LogP contribution in [0.4, 0.5) is 0 Å². The molecule has 5 aromatic rings. The summed E-state index contributed by atoms with van der Waals surface area (Å²) in [6, 6.07) is 25.1. The fourth-order valence-corrected chi connectivity index (χ4v) is 7.64. The molecule has 0 saturated carbocycles. The molecule has 0 fully saturated rings. The van der Waals surface area contributed by atoms with E-state index in [-0.39, 0.29) is 28.2 Å². The highest BCUT2D eigenvalue weighted by atomic mass is 16.6. The van der Waals surface area contributed by atoms with Gasteiger partial charge in [-0.1, -0.05) is 51.3 Å². The van der Waals surface area contributed by atoms with Crippen LogP contribution in [0, 0.1) is 0 Å². The molecule has 0 aliphatic carbocycles. The van der Waals surface area contributed by atoms with Gasteiger partial charge in [-0.25, -0.2) is 24.0 Å². The van der Waals surface area contributed by atoms with Crippen molar-refractivity contribution in [2.45, 2.75) is 103 Å². The predicted molar refractivity (Wildman–Crippen MR) is 244 cm³/mol. The van der Waals surface area contributed by atoms with Crippen LogP contribution in [0.25, 0.3) is 21.5 Å². The van der Waals surface area contributed by atoms with Gasteiger partial charge in [-0.05, 0) is 143 Å². The molecule has 2 atom stereocenters. The van der Waals surface area contributed by atoms with Gasteiger partial charge >= 0.3 is 29.8 Å². The second-order valence-corrected chi connectivity index (χ2v) is 17.3. The van der Waals surface area contributed by atoms with E-state index in [1.165, 1.54) is 25.3 Å². The molecule has 0 saturated heterocycles. The van der Waals surface area contributed by atoms with Gasteiger partial charge in [0, 0.05) is 25.0 Å². The summed E-state index contributed by atoms with van der Waals surface area (Å²) in [4.78, 5) is 63.5. The lowest BCUT2D eigenvalue weighted by Crippen LogP contribution is -2.43. The summed E-state index contributed by atoms with van der Waals surface area (Å²) in [6.45, 7) is 22.2. The largest absolute Gasteiger partial charge is 0.488 e. The molecule has 0 aliphatic heterocycles. The van der Waals surface area contributed by atoms with Crippen molar-refractivity contribution in [1.82, 2.24) is 0 Å². The zero-order chi connectivity index (χ0) is 47.0. The number of carbonyl (C=O) groups excluding carboxylic acids is 5. The Morgan fingerprint density at radius 2 is 1.00 bits per heavy atom. The van der Waals surface area contributed by atoms with Crippen LogP contribution in [0.3, 0.4) is 0 Å². The molecule has 336 valence electrons. The number of fused-ring (bicyclic) bond motifs is 2. The number of hydrogen-bond acceptors (Lipinski definition) is 12. The zero-order valence-corrected chi connectivity index (χ0v) is 38.0. The summed E-state index contributed by atoms with van der Waals surface area (Å²) in [5.41, 5.74) is -2.55. The van der Waals surface area contributed by atoms with Gasteiger partial charge in [-0.3, -0.25) is 0 Å². The fraction of sp³-hybridized carbons (Fsp3) is 0.327. The summed E-state index contributed by atoms with van der Waals surface area (Å²) >= 11 is 0. The number of rotatable bonds is 19. The lowest BCUT2D eigenvalue weighted by Gasteiger charge is -2.38. The van der Waals surface area contributed by atoms with E-state index >= 15 is 0 Å². The lowest BCUT2D eigenvalue weighted by atomic mass is 9.85. The third-order valence-electron chi connectivity index (χ3n) is 10.8. The van der Waals surface area contributed by atoms with Gasteiger partial charge in [0.1, 0.15) is 51.0 Å². The van der Waals surface area contributed by atoms with Crippen LogP contribution in [-0.2, 0) is 23.8 Å². The van der Waals surface area contributed by atoms with Crippen molar-refractivity contribution >= 4 is 51.4 Å². The molecule has 0 spiro atoms. The first kappa shape index (κ1) is 48.1. The van der Waals surface area contributed by atoms with Crippen molar-refractivity contribution < 1.29 is 57.1 Å². The van der Waals surface area contributed by atoms with Crippen molar-refractivity contribution in [3.63, 3.8) is 0 Å². The van der Waals surface area contributed by atoms with E-state index in [1.807, 2.05) is 85.7 Å². The van der Waals surface area contributed by atoms with Gasteiger partial charge in [0.15, 0.2) is 0 Å². The van der Waals surface area contributed by atoms with Gasteiger partial charge < -0.3 is 33.2 Å². The molecule has 2 unspecified atom stereocenters. The Labute approximate surface area is 374 Å². The number of methoxy groups -OCH3 is 1. The molecule has 0 radical (unpaired) electrons. The Bertz CT molecular complexity index is 2600. The summed E-state index contributed by atoms with van der Waals surface area (Å²) in [6.07, 6.45) is 4.38. The Hall–Kier alpha value is -6.95. The van der Waals surface area contributed by atoms with Crippen LogP contribution in [-0.4, -0.2) is 59.4 Å². The molecule has 0 aromatic heterocycles. The minimum atomic E-state index is -0.808. The molecule has 0 aliphatic rings. The summed E-state index contributed by atoms with van der Waals surface area (Å²) in [5, 5.41) is 3.11. The standard InChI is InChI=1S/C52H56O12/c1-12-44(53)63-50(7,8)31-49(5,6)61-40-22-20-33-26-37(18-16-35(33)28-40)46(55)59-39-24-25-43(42(30-39)48(57)58-11)60-47(56)38-19-17-36-29-41(23-21-34(36)27-38)62-51(9,14-3)32-52(10,15-4)64-45(54)13-2/h12-13,16-30H,1-2,14-15,31-32H2,3-11H3. The van der Waals surface area contributed by atoms with E-state index in [0.29, 0.717) is 37.2 Å². The van der Waals surface area contributed by atoms with Gasteiger partial charge in [0.05, 0.1) is 18.2 Å². The van der Waals surface area contributed by atoms with E-state index < -0.39 is 52.3 Å². The highest BCUT2D eigenvalue weighted by molar-refractivity contribution is 6.00. The Kier molecular flexibility index (Phi) is 14.7. The van der Waals surface area contributed by atoms with E-state index in [9.17, 15) is 24.0 Å². The number of hydrogen-bond donors (Lipinski definition) is 0. The highest BCUT2D eigenvalue weighted by Crippen LogP contribution is 2.36. The molecular formula is C52H56O12. The predicted octanol–water partition coefficient (Wildman–Crippen LogP) is 11.1. The quantitative estimate of drug-likeness (QED) is 0.0336. The van der Waals surface area contributed by atoms with Gasteiger partial charge in [0.2, 0.25) is 0 Å². The molecule has 5 aromatic carbocycles. The Morgan fingerprint density at radius 1 is 0.516 bits per heavy atom. The average Bonchev–Trinajstić information content (AvgIpc) is 3.25.